The molecule has 0 fully saturated rings. The Hall–Kier alpha value is -1.81. The van der Waals surface area contributed by atoms with Gasteiger partial charge in [0.2, 0.25) is 5.78 Å². The second-order valence-electron chi connectivity index (χ2n) is 3.85. The molecular weight excluding hydrogens is 257 g/mol. The molecule has 0 unspecified atom stereocenters. The average Bonchev–Trinajstić information content (AvgIpc) is 2.77. The van der Waals surface area contributed by atoms with Gasteiger partial charge in [0.05, 0.1) is 5.02 Å². The molecule has 0 saturated heterocycles. The minimum atomic E-state index is -0.568. The molecule has 0 aliphatic rings. The molecule has 2 aromatic rings. The van der Waals surface area contributed by atoms with Crippen LogP contribution in [0.5, 0.6) is 5.75 Å². The molecule has 0 N–H and O–H groups in total. The first-order valence-electron chi connectivity index (χ1n) is 5.29. The first-order valence-corrected chi connectivity index (χ1v) is 5.67. The minimum absolute atomic E-state index is 0.0248. The summed E-state index contributed by atoms with van der Waals surface area (Å²) in [6.07, 6.45) is 3.48. The molecule has 0 aliphatic carbocycles. The van der Waals surface area contributed by atoms with Crippen molar-refractivity contribution in [2.75, 3.05) is 6.61 Å². The predicted octanol–water partition coefficient (Wildman–Crippen LogP) is 3.08. The van der Waals surface area contributed by atoms with Gasteiger partial charge in [-0.1, -0.05) is 11.6 Å². The van der Waals surface area contributed by atoms with Crippen LogP contribution in [0.4, 0.5) is 4.39 Å². The molecule has 0 radical (unpaired) electrons. The normalized spacial score (nSPS) is 10.4. The van der Waals surface area contributed by atoms with E-state index >= 15 is 0 Å². The van der Waals surface area contributed by atoms with Gasteiger partial charge in [-0.15, -0.1) is 0 Å². The van der Waals surface area contributed by atoms with Gasteiger partial charge in [0.1, 0.15) is 11.6 Å². The summed E-state index contributed by atoms with van der Waals surface area (Å²) >= 11 is 5.54. The molecule has 1 aromatic heterocycles. The quantitative estimate of drug-likeness (QED) is 0.797. The van der Waals surface area contributed by atoms with Gasteiger partial charge in [0.25, 0.3) is 0 Å². The third kappa shape index (κ3) is 2.90. The summed E-state index contributed by atoms with van der Waals surface area (Å²) in [4.78, 5) is 11.7. The van der Waals surface area contributed by atoms with Crippen molar-refractivity contribution in [3.8, 4) is 5.75 Å². The van der Waals surface area contributed by atoms with Crippen molar-refractivity contribution >= 4 is 17.4 Å². The van der Waals surface area contributed by atoms with Crippen LogP contribution in [0.3, 0.4) is 0 Å². The van der Waals surface area contributed by atoms with Gasteiger partial charge in [-0.3, -0.25) is 4.79 Å². The van der Waals surface area contributed by atoms with Crippen LogP contribution in [0.15, 0.2) is 36.7 Å². The van der Waals surface area contributed by atoms with Crippen molar-refractivity contribution in [3.05, 3.63) is 53.1 Å². The highest BCUT2D eigenvalue weighted by Gasteiger charge is 2.09. The van der Waals surface area contributed by atoms with Crippen LogP contribution in [0.1, 0.15) is 10.4 Å². The summed E-state index contributed by atoms with van der Waals surface area (Å²) in [6.45, 7) is -0.134. The number of ketones is 1. The Balaban J connectivity index is 1.99. The monoisotopic (exact) mass is 267 g/mol. The largest absolute Gasteiger partial charge is 0.485 e. The van der Waals surface area contributed by atoms with Gasteiger partial charge >= 0.3 is 0 Å². The van der Waals surface area contributed by atoms with Crippen molar-refractivity contribution in [3.63, 3.8) is 0 Å². The van der Waals surface area contributed by atoms with E-state index in [1.54, 1.807) is 23.0 Å². The molecule has 18 heavy (non-hydrogen) atoms. The van der Waals surface area contributed by atoms with E-state index in [4.69, 9.17) is 16.3 Å². The number of carbonyl (C=O) groups is 1. The number of carbonyl (C=O) groups excluding carboxylic acids is 1. The maximum Gasteiger partial charge on any atom is 0.201 e. The number of aryl methyl sites for hydroxylation is 1. The number of ether oxygens (including phenoxy) is 1. The molecule has 94 valence electrons. The number of nitrogens with zero attached hydrogens (tertiary/aromatic N) is 1. The van der Waals surface area contributed by atoms with Crippen LogP contribution in [0.25, 0.3) is 0 Å². The van der Waals surface area contributed by atoms with E-state index in [2.05, 4.69) is 0 Å². The lowest BCUT2D eigenvalue weighted by Gasteiger charge is -2.05. The van der Waals surface area contributed by atoms with Gasteiger partial charge in [0.15, 0.2) is 6.61 Å². The van der Waals surface area contributed by atoms with Gasteiger partial charge in [-0.2, -0.15) is 0 Å². The SMILES string of the molecule is Cn1ccc(C(=O)COc2ccc(Cl)c(F)c2)c1. The molecule has 0 saturated carbocycles. The second kappa shape index (κ2) is 5.23. The minimum Gasteiger partial charge on any atom is -0.485 e. The molecule has 1 heterocycles. The molecule has 1 aromatic carbocycles. The summed E-state index contributed by atoms with van der Waals surface area (Å²) in [5.74, 6) is -0.450. The zero-order valence-corrected chi connectivity index (χ0v) is 10.4. The van der Waals surface area contributed by atoms with Gasteiger partial charge in [-0.05, 0) is 18.2 Å². The van der Waals surface area contributed by atoms with Crippen LogP contribution in [0, 0.1) is 5.82 Å². The fourth-order valence-electron chi connectivity index (χ4n) is 1.47. The van der Waals surface area contributed by atoms with E-state index in [1.165, 1.54) is 12.1 Å². The molecule has 2 rings (SSSR count). The Morgan fingerprint density at radius 3 is 2.83 bits per heavy atom. The molecule has 0 bridgehead atoms. The van der Waals surface area contributed by atoms with E-state index in [9.17, 15) is 9.18 Å². The van der Waals surface area contributed by atoms with Crippen molar-refractivity contribution in [1.82, 2.24) is 4.57 Å². The van der Waals surface area contributed by atoms with Crippen LogP contribution in [-0.4, -0.2) is 17.0 Å². The Bertz CT molecular complexity index is 580. The Morgan fingerprint density at radius 1 is 1.44 bits per heavy atom. The van der Waals surface area contributed by atoms with Crippen LogP contribution >= 0.6 is 11.6 Å². The number of benzene rings is 1. The summed E-state index contributed by atoms with van der Waals surface area (Å²) in [5, 5.41) is 0.0248. The third-order valence-electron chi connectivity index (χ3n) is 2.41. The molecule has 0 aliphatic heterocycles. The summed E-state index contributed by atoms with van der Waals surface area (Å²) in [7, 11) is 1.83. The lowest BCUT2D eigenvalue weighted by Crippen LogP contribution is -2.11. The first-order chi connectivity index (χ1) is 8.56. The summed E-state index contributed by atoms with van der Waals surface area (Å²) < 4.78 is 20.1. The van der Waals surface area contributed by atoms with Crippen LogP contribution in [0.2, 0.25) is 5.02 Å². The number of halogens is 2. The van der Waals surface area contributed by atoms with Crippen LogP contribution in [-0.2, 0) is 7.05 Å². The topological polar surface area (TPSA) is 31.2 Å². The highest BCUT2D eigenvalue weighted by molar-refractivity contribution is 6.30. The van der Waals surface area contributed by atoms with Gasteiger partial charge in [0, 0.05) is 31.1 Å². The molecule has 0 spiro atoms. The van der Waals surface area contributed by atoms with Crippen molar-refractivity contribution in [2.45, 2.75) is 0 Å². The standard InChI is InChI=1S/C13H11ClFNO2/c1-16-5-4-9(7-16)13(17)8-18-10-2-3-11(14)12(15)6-10/h2-7H,8H2,1H3. The lowest BCUT2D eigenvalue weighted by molar-refractivity contribution is 0.0921. The van der Waals surface area contributed by atoms with E-state index in [0.29, 0.717) is 5.56 Å². The number of aromatic nitrogens is 1. The van der Waals surface area contributed by atoms with Crippen molar-refractivity contribution in [2.24, 2.45) is 7.05 Å². The van der Waals surface area contributed by atoms with E-state index in [0.717, 1.165) is 6.07 Å². The Kier molecular flexibility index (Phi) is 3.67. The number of hydrogen-bond donors (Lipinski definition) is 0. The van der Waals surface area contributed by atoms with Crippen LogP contribution < -0.4 is 4.74 Å². The fraction of sp³-hybridized carbons (Fsp3) is 0.154. The maximum absolute atomic E-state index is 13.1. The van der Waals surface area contributed by atoms with Gasteiger partial charge < -0.3 is 9.30 Å². The van der Waals surface area contributed by atoms with Crippen molar-refractivity contribution in [1.29, 1.82) is 0 Å². The number of rotatable bonds is 4. The predicted molar refractivity (Wildman–Crippen MR) is 66.6 cm³/mol. The molecular formula is C13H11ClFNO2. The van der Waals surface area contributed by atoms with Crippen molar-refractivity contribution < 1.29 is 13.9 Å². The average molecular weight is 268 g/mol. The molecule has 0 amide bonds. The highest BCUT2D eigenvalue weighted by Crippen LogP contribution is 2.20. The van der Waals surface area contributed by atoms with E-state index in [1.807, 2.05) is 7.05 Å². The zero-order chi connectivity index (χ0) is 13.1. The Morgan fingerprint density at radius 2 is 2.22 bits per heavy atom. The second-order valence-corrected chi connectivity index (χ2v) is 4.26. The Labute approximate surface area is 109 Å². The van der Waals surface area contributed by atoms with E-state index in [-0.39, 0.29) is 23.2 Å². The van der Waals surface area contributed by atoms with E-state index < -0.39 is 5.82 Å². The highest BCUT2D eigenvalue weighted by atomic mass is 35.5. The fourth-order valence-corrected chi connectivity index (χ4v) is 1.58. The lowest BCUT2D eigenvalue weighted by atomic mass is 10.2. The number of Topliss-reactive ketones (excluding diaryl/α,β-unsaturated/α-hetero) is 1. The summed E-state index contributed by atoms with van der Waals surface area (Å²) in [6, 6.07) is 5.76. The molecule has 3 nitrogen and oxygen atoms in total. The number of hydrogen-bond acceptors (Lipinski definition) is 2. The summed E-state index contributed by atoms with van der Waals surface area (Å²) in [5.41, 5.74) is 0.562. The molecule has 0 atom stereocenters. The first kappa shape index (κ1) is 12.6. The zero-order valence-electron chi connectivity index (χ0n) is 9.69. The molecule has 5 heteroatoms. The third-order valence-corrected chi connectivity index (χ3v) is 2.72. The van der Waals surface area contributed by atoms with Gasteiger partial charge in [-0.25, -0.2) is 4.39 Å². The smallest absolute Gasteiger partial charge is 0.201 e. The maximum atomic E-state index is 13.1.